The minimum absolute atomic E-state index is 0.0389. The van der Waals surface area contributed by atoms with E-state index in [1.165, 1.54) is 6.07 Å². The first-order chi connectivity index (χ1) is 10.4. The Balaban J connectivity index is 1.67. The maximum atomic E-state index is 13.3. The van der Waals surface area contributed by atoms with Crippen LogP contribution < -0.4 is 10.1 Å². The number of ether oxygens (including phenoxy) is 1. The summed E-state index contributed by atoms with van der Waals surface area (Å²) in [5, 5.41) is 2.58. The van der Waals surface area contributed by atoms with Gasteiger partial charge < -0.3 is 10.1 Å². The molecule has 122 valence electrons. The summed E-state index contributed by atoms with van der Waals surface area (Å²) in [5.74, 6) is -1.79. The monoisotopic (exact) mass is 333 g/mol. The van der Waals surface area contributed by atoms with Gasteiger partial charge in [-0.2, -0.15) is 0 Å². The number of carbonyl (C=O) groups excluding carboxylic acids is 1. The highest BCUT2D eigenvalue weighted by Gasteiger charge is 2.29. The summed E-state index contributed by atoms with van der Waals surface area (Å²) in [4.78, 5) is 11.6. The molecule has 0 aliphatic carbocycles. The summed E-state index contributed by atoms with van der Waals surface area (Å²) < 4.78 is 53.6. The molecule has 8 heteroatoms. The van der Waals surface area contributed by atoms with Crippen molar-refractivity contribution >= 4 is 15.7 Å². The van der Waals surface area contributed by atoms with Crippen molar-refractivity contribution in [3.63, 3.8) is 0 Å². The summed E-state index contributed by atoms with van der Waals surface area (Å²) >= 11 is 0. The lowest BCUT2D eigenvalue weighted by atomic mass is 10.1. The van der Waals surface area contributed by atoms with Crippen LogP contribution in [-0.4, -0.2) is 39.0 Å². The van der Waals surface area contributed by atoms with Crippen molar-refractivity contribution in [2.45, 2.75) is 12.8 Å². The van der Waals surface area contributed by atoms with Gasteiger partial charge in [-0.1, -0.05) is 0 Å². The molecule has 0 unspecified atom stereocenters. The molecule has 1 saturated heterocycles. The summed E-state index contributed by atoms with van der Waals surface area (Å²) in [6, 6.07) is 2.97. The number of hydrogen-bond donors (Lipinski definition) is 1. The van der Waals surface area contributed by atoms with Crippen LogP contribution in [0, 0.1) is 17.6 Å². The van der Waals surface area contributed by atoms with Gasteiger partial charge in [0.05, 0.1) is 18.1 Å². The lowest BCUT2D eigenvalue weighted by Crippen LogP contribution is -2.29. The molecule has 1 heterocycles. The lowest BCUT2D eigenvalue weighted by molar-refractivity contribution is -0.121. The number of sulfone groups is 1. The maximum Gasteiger partial charge on any atom is 0.220 e. The molecule has 1 aliphatic rings. The zero-order valence-electron chi connectivity index (χ0n) is 11.8. The summed E-state index contributed by atoms with van der Waals surface area (Å²) in [5.41, 5.74) is 0. The fourth-order valence-electron chi connectivity index (χ4n) is 2.31. The quantitative estimate of drug-likeness (QED) is 0.796. The van der Waals surface area contributed by atoms with Gasteiger partial charge in [-0.3, -0.25) is 4.79 Å². The second kappa shape index (κ2) is 7.04. The Bertz CT molecular complexity index is 648. The summed E-state index contributed by atoms with van der Waals surface area (Å²) in [6.07, 6.45) is 0.664. The van der Waals surface area contributed by atoms with Crippen LogP contribution in [0.2, 0.25) is 0 Å². The SMILES string of the molecule is O=C(C[C@H]1CCS(=O)(=O)C1)NCCOc1ccc(F)cc1F. The van der Waals surface area contributed by atoms with Gasteiger partial charge in [-0.25, -0.2) is 17.2 Å². The normalized spacial score (nSPS) is 19.8. The third-order valence-corrected chi connectivity index (χ3v) is 5.21. The fraction of sp³-hybridized carbons (Fsp3) is 0.500. The molecular formula is C14H17F2NO4S. The van der Waals surface area contributed by atoms with Gasteiger partial charge in [-0.05, 0) is 24.5 Å². The van der Waals surface area contributed by atoms with Gasteiger partial charge in [0, 0.05) is 12.5 Å². The average molecular weight is 333 g/mol. The van der Waals surface area contributed by atoms with Crippen LogP contribution in [0.25, 0.3) is 0 Å². The predicted molar refractivity (Wildman–Crippen MR) is 76.2 cm³/mol. The van der Waals surface area contributed by atoms with E-state index in [1.807, 2.05) is 0 Å². The van der Waals surface area contributed by atoms with Crippen LogP contribution >= 0.6 is 0 Å². The number of nitrogens with one attached hydrogen (secondary N) is 1. The number of amides is 1. The van der Waals surface area contributed by atoms with E-state index in [0.29, 0.717) is 12.5 Å². The van der Waals surface area contributed by atoms with E-state index < -0.39 is 21.5 Å². The topological polar surface area (TPSA) is 72.5 Å². The molecule has 2 rings (SSSR count). The van der Waals surface area contributed by atoms with Gasteiger partial charge in [0.25, 0.3) is 0 Å². The van der Waals surface area contributed by atoms with E-state index in [4.69, 9.17) is 4.74 Å². The Hall–Kier alpha value is -1.70. The third kappa shape index (κ3) is 4.94. The van der Waals surface area contributed by atoms with Crippen molar-refractivity contribution in [3.05, 3.63) is 29.8 Å². The Morgan fingerprint density at radius 1 is 1.36 bits per heavy atom. The second-order valence-corrected chi connectivity index (χ2v) is 7.48. The molecule has 0 saturated carbocycles. The lowest BCUT2D eigenvalue weighted by Gasteiger charge is -2.10. The average Bonchev–Trinajstić information content (AvgIpc) is 2.76. The molecule has 0 spiro atoms. The Labute approximate surface area is 127 Å². The first-order valence-corrected chi connectivity index (χ1v) is 8.73. The Kier molecular flexibility index (Phi) is 5.33. The van der Waals surface area contributed by atoms with Crippen LogP contribution in [-0.2, 0) is 14.6 Å². The Morgan fingerprint density at radius 2 is 2.14 bits per heavy atom. The van der Waals surface area contributed by atoms with Gasteiger partial charge >= 0.3 is 0 Å². The van der Waals surface area contributed by atoms with Gasteiger partial charge in [0.1, 0.15) is 12.4 Å². The van der Waals surface area contributed by atoms with E-state index in [1.54, 1.807) is 0 Å². The highest BCUT2D eigenvalue weighted by molar-refractivity contribution is 7.91. The molecule has 1 aliphatic heterocycles. The third-order valence-electron chi connectivity index (χ3n) is 3.38. The van der Waals surface area contributed by atoms with E-state index in [-0.39, 0.29) is 48.7 Å². The van der Waals surface area contributed by atoms with Gasteiger partial charge in [0.2, 0.25) is 5.91 Å². The van der Waals surface area contributed by atoms with Crippen LogP contribution in [0.1, 0.15) is 12.8 Å². The maximum absolute atomic E-state index is 13.3. The molecule has 0 radical (unpaired) electrons. The van der Waals surface area contributed by atoms with Crippen LogP contribution in [0.5, 0.6) is 5.75 Å². The molecular weight excluding hydrogens is 316 g/mol. The zero-order valence-corrected chi connectivity index (χ0v) is 12.7. The number of hydrogen-bond acceptors (Lipinski definition) is 4. The first kappa shape index (κ1) is 16.7. The summed E-state index contributed by atoms with van der Waals surface area (Å²) in [7, 11) is -2.99. The molecule has 22 heavy (non-hydrogen) atoms. The minimum atomic E-state index is -2.99. The molecule has 1 fully saturated rings. The number of halogens is 2. The van der Waals surface area contributed by atoms with Crippen LogP contribution in [0.3, 0.4) is 0 Å². The molecule has 1 amide bonds. The molecule has 5 nitrogen and oxygen atoms in total. The van der Waals surface area contributed by atoms with Crippen LogP contribution in [0.4, 0.5) is 8.78 Å². The van der Waals surface area contributed by atoms with Crippen molar-refractivity contribution < 1.29 is 26.7 Å². The highest BCUT2D eigenvalue weighted by Crippen LogP contribution is 2.21. The van der Waals surface area contributed by atoms with Crippen molar-refractivity contribution in [1.82, 2.24) is 5.32 Å². The number of benzene rings is 1. The van der Waals surface area contributed by atoms with Crippen LogP contribution in [0.15, 0.2) is 18.2 Å². The molecule has 1 N–H and O–H groups in total. The van der Waals surface area contributed by atoms with Gasteiger partial charge in [0.15, 0.2) is 21.4 Å². The molecule has 0 aromatic heterocycles. The van der Waals surface area contributed by atoms with E-state index >= 15 is 0 Å². The molecule has 1 aromatic rings. The second-order valence-electron chi connectivity index (χ2n) is 5.25. The number of rotatable bonds is 6. The summed E-state index contributed by atoms with van der Waals surface area (Å²) in [6.45, 7) is 0.201. The van der Waals surface area contributed by atoms with E-state index in [9.17, 15) is 22.0 Å². The molecule has 0 bridgehead atoms. The highest BCUT2D eigenvalue weighted by atomic mass is 32.2. The van der Waals surface area contributed by atoms with Crippen molar-refractivity contribution in [3.8, 4) is 5.75 Å². The molecule has 1 aromatic carbocycles. The smallest absolute Gasteiger partial charge is 0.220 e. The fourth-order valence-corrected chi connectivity index (χ4v) is 4.17. The number of carbonyl (C=O) groups is 1. The van der Waals surface area contributed by atoms with Crippen molar-refractivity contribution in [2.24, 2.45) is 5.92 Å². The van der Waals surface area contributed by atoms with E-state index in [2.05, 4.69) is 5.32 Å². The van der Waals surface area contributed by atoms with E-state index in [0.717, 1.165) is 6.07 Å². The van der Waals surface area contributed by atoms with Gasteiger partial charge in [-0.15, -0.1) is 0 Å². The zero-order chi connectivity index (χ0) is 16.2. The molecule has 1 atom stereocenters. The van der Waals surface area contributed by atoms with Crippen molar-refractivity contribution in [1.29, 1.82) is 0 Å². The predicted octanol–water partition coefficient (Wildman–Crippen LogP) is 1.28. The Morgan fingerprint density at radius 3 is 2.77 bits per heavy atom. The largest absolute Gasteiger partial charge is 0.489 e. The van der Waals surface area contributed by atoms with Crippen molar-refractivity contribution in [2.75, 3.05) is 24.7 Å². The minimum Gasteiger partial charge on any atom is -0.489 e. The first-order valence-electron chi connectivity index (χ1n) is 6.91. The standard InChI is InChI=1S/C14H17F2NO4S/c15-11-1-2-13(12(16)8-11)21-5-4-17-14(18)7-10-3-6-22(19,20)9-10/h1-2,8,10H,3-7,9H2,(H,17,18)/t10-/m1/s1.